The fraction of sp³-hybridized carbons (Fsp3) is 0.658. The second kappa shape index (κ2) is 20.4. The summed E-state index contributed by atoms with van der Waals surface area (Å²) >= 11 is 2.23. The molecular weight excluding hydrogens is 788 g/mol. The lowest BCUT2D eigenvalue weighted by Crippen LogP contribution is -2.22. The predicted octanol–water partition coefficient (Wildman–Crippen LogP) is 9.47. The zero-order valence-corrected chi connectivity index (χ0v) is 36.0. The molecule has 0 bridgehead atoms. The minimum Gasteiger partial charge on any atom is -0.386 e. The number of halogens is 1. The maximum Gasteiger partial charge on any atom is 0.146 e. The Morgan fingerprint density at radius 3 is 1.76 bits per heavy atom. The molecule has 1 unspecified atom stereocenters. The van der Waals surface area contributed by atoms with Gasteiger partial charge in [-0.05, 0) is 78.4 Å². The van der Waals surface area contributed by atoms with Crippen LogP contribution in [-0.2, 0) is 27.7 Å². The highest BCUT2D eigenvalue weighted by atomic mass is 127. The highest BCUT2D eigenvalue weighted by molar-refractivity contribution is 14.1. The molecule has 10 nitrogen and oxygen atoms in total. The van der Waals surface area contributed by atoms with Crippen molar-refractivity contribution < 1.29 is 19.4 Å². The lowest BCUT2D eigenvalue weighted by Gasteiger charge is -2.26. The lowest BCUT2D eigenvalue weighted by atomic mass is 9.83. The zero-order valence-electron chi connectivity index (χ0n) is 31.8. The Balaban J connectivity index is 0.000000194. The summed E-state index contributed by atoms with van der Waals surface area (Å²) in [6.07, 6.45) is 19.8. The van der Waals surface area contributed by atoms with Crippen LogP contribution in [0.3, 0.4) is 0 Å². The number of aliphatic hydroxyl groups is 1. The Morgan fingerprint density at radius 2 is 1.25 bits per heavy atom. The van der Waals surface area contributed by atoms with Gasteiger partial charge in [0.25, 0.3) is 0 Å². The summed E-state index contributed by atoms with van der Waals surface area (Å²) in [5, 5.41) is 12.9. The molecule has 2 saturated carbocycles. The van der Waals surface area contributed by atoms with Gasteiger partial charge in [-0.2, -0.15) is 0 Å². The van der Waals surface area contributed by atoms with E-state index in [0.29, 0.717) is 25.3 Å². The molecule has 282 valence electrons. The van der Waals surface area contributed by atoms with Crippen molar-refractivity contribution in [2.75, 3.05) is 13.2 Å². The maximum absolute atomic E-state index is 10.8. The van der Waals surface area contributed by atoms with Crippen LogP contribution in [0.25, 0.3) is 22.1 Å². The average molecular weight is 849 g/mol. The first-order chi connectivity index (χ1) is 24.4. The van der Waals surface area contributed by atoms with E-state index in [2.05, 4.69) is 81.8 Å². The van der Waals surface area contributed by atoms with Gasteiger partial charge in [-0.3, -0.25) is 0 Å². The van der Waals surface area contributed by atoms with E-state index in [1.54, 1.807) is 12.7 Å². The average Bonchev–Trinajstić information content (AvgIpc) is 3.74. The van der Waals surface area contributed by atoms with Crippen LogP contribution in [0.1, 0.15) is 76.0 Å². The number of aromatic nitrogens is 6. The van der Waals surface area contributed by atoms with Crippen LogP contribution in [0.2, 0.25) is 51.4 Å². The van der Waals surface area contributed by atoms with Crippen LogP contribution in [0.5, 0.6) is 0 Å². The zero-order chi connectivity index (χ0) is 36.9. The molecule has 51 heavy (non-hydrogen) atoms. The monoisotopic (exact) mass is 848 g/mol. The van der Waals surface area contributed by atoms with Gasteiger partial charge in [0, 0.05) is 53.1 Å². The molecule has 0 aliphatic heterocycles. The van der Waals surface area contributed by atoms with Crippen molar-refractivity contribution in [3.05, 3.63) is 46.6 Å². The van der Waals surface area contributed by atoms with Crippen molar-refractivity contribution in [1.82, 2.24) is 29.1 Å². The number of aldehydes is 1. The van der Waals surface area contributed by atoms with E-state index in [1.165, 1.54) is 44.6 Å². The topological polar surface area (TPSA) is 117 Å². The fourth-order valence-corrected chi connectivity index (χ4v) is 8.53. The van der Waals surface area contributed by atoms with E-state index in [0.717, 1.165) is 82.7 Å². The molecule has 1 N–H and O–H groups in total. The van der Waals surface area contributed by atoms with Gasteiger partial charge in [-0.25, -0.2) is 19.9 Å². The largest absolute Gasteiger partial charge is 0.386 e. The first-order valence-corrected chi connectivity index (χ1v) is 27.4. The van der Waals surface area contributed by atoms with E-state index in [1.807, 2.05) is 33.7 Å². The summed E-state index contributed by atoms with van der Waals surface area (Å²) in [6, 6.07) is 6.41. The number of carbonyl (C=O) groups is 1. The smallest absolute Gasteiger partial charge is 0.146 e. The van der Waals surface area contributed by atoms with E-state index in [9.17, 15) is 9.90 Å². The molecule has 13 heteroatoms. The molecule has 0 radical (unpaired) electrons. The minimum absolute atomic E-state index is 0.322. The van der Waals surface area contributed by atoms with E-state index >= 15 is 0 Å². The quantitative estimate of drug-likeness (QED) is 0.0465. The normalized spacial score (nSPS) is 16.7. The minimum atomic E-state index is -1.07. The van der Waals surface area contributed by atoms with Crippen molar-refractivity contribution in [3.8, 4) is 0 Å². The number of hydrogen-bond acceptors (Lipinski definition) is 8. The summed E-state index contributed by atoms with van der Waals surface area (Å²) in [5.41, 5.74) is 2.58. The van der Waals surface area contributed by atoms with Gasteiger partial charge in [-0.15, -0.1) is 0 Å². The SMILES string of the molecule is C[Si](C)(C)CCOCn1ccc2c(C(O)C3CCCCC3)ncnc21.C[Si](C)(C)CCOCn1ccc2c(I)ncnc21.O=CC1CCCCC1. The number of nitrogens with zero attached hydrogens (tertiary/aromatic N) is 6. The molecule has 0 aromatic carbocycles. The van der Waals surface area contributed by atoms with Gasteiger partial charge in [0.15, 0.2) is 0 Å². The first-order valence-electron chi connectivity index (χ1n) is 18.9. The Hall–Kier alpha value is -2.05. The molecule has 6 rings (SSSR count). The molecule has 0 spiro atoms. The molecule has 4 heterocycles. The van der Waals surface area contributed by atoms with E-state index < -0.39 is 22.3 Å². The Bertz CT molecular complexity index is 1620. The maximum atomic E-state index is 10.8. The van der Waals surface area contributed by atoms with Crippen molar-refractivity contribution in [2.45, 2.75) is 135 Å². The summed E-state index contributed by atoms with van der Waals surface area (Å²) in [7, 11) is -2.07. The van der Waals surface area contributed by atoms with Gasteiger partial charge in [0.1, 0.15) is 47.4 Å². The Labute approximate surface area is 320 Å². The van der Waals surface area contributed by atoms with E-state index in [4.69, 9.17) is 9.47 Å². The second-order valence-corrected chi connectivity index (χ2v) is 28.8. The van der Waals surface area contributed by atoms with Gasteiger partial charge in [0.2, 0.25) is 0 Å². The van der Waals surface area contributed by atoms with Crippen molar-refractivity contribution in [3.63, 3.8) is 0 Å². The number of carbonyl (C=O) groups excluding carboxylic acids is 1. The molecule has 4 aromatic rings. The van der Waals surface area contributed by atoms with Gasteiger partial charge in [-0.1, -0.05) is 77.8 Å². The third-order valence-corrected chi connectivity index (χ3v) is 14.0. The van der Waals surface area contributed by atoms with Crippen molar-refractivity contribution in [1.29, 1.82) is 0 Å². The molecule has 1 atom stereocenters. The Kier molecular flexibility index (Phi) is 16.7. The first kappa shape index (κ1) is 41.7. The van der Waals surface area contributed by atoms with Gasteiger partial charge < -0.3 is 28.5 Å². The van der Waals surface area contributed by atoms with Crippen molar-refractivity contribution >= 4 is 67.1 Å². The lowest BCUT2D eigenvalue weighted by molar-refractivity contribution is -0.111. The van der Waals surface area contributed by atoms with E-state index in [-0.39, 0.29) is 0 Å². The molecule has 2 aliphatic rings. The predicted molar refractivity (Wildman–Crippen MR) is 220 cm³/mol. The third-order valence-electron chi connectivity index (χ3n) is 9.77. The summed E-state index contributed by atoms with van der Waals surface area (Å²) in [6.45, 7) is 16.8. The van der Waals surface area contributed by atoms with Crippen molar-refractivity contribution in [2.24, 2.45) is 11.8 Å². The standard InChI is InChI=1S/C19H31N3O2Si.C12H18IN3OSi.C7H12O/c1-25(2,3)12-11-24-14-22-10-9-16-17(20-13-21-19(16)22)18(23)15-7-5-4-6-8-15;1-18(2,3)7-6-17-9-16-5-4-10-11(13)14-8-15-12(10)16;8-6-7-4-2-1-3-5-7/h9-10,13,15,18,23H,4-8,11-12,14H2,1-3H3;4-5,8H,6-7,9H2,1-3H3;6-7H,1-5H2. The molecule has 2 aliphatic carbocycles. The second-order valence-electron chi connectivity index (χ2n) is 16.5. The van der Waals surface area contributed by atoms with Crippen LogP contribution < -0.4 is 0 Å². The molecule has 4 aromatic heterocycles. The van der Waals surface area contributed by atoms with Crippen LogP contribution in [0.4, 0.5) is 0 Å². The Morgan fingerprint density at radius 1 is 0.765 bits per heavy atom. The van der Waals surface area contributed by atoms with Crippen LogP contribution in [0.15, 0.2) is 37.2 Å². The van der Waals surface area contributed by atoms with Gasteiger partial charge >= 0.3 is 0 Å². The van der Waals surface area contributed by atoms with Crippen LogP contribution in [0, 0.1) is 15.5 Å². The van der Waals surface area contributed by atoms with Crippen LogP contribution in [-0.4, -0.2) is 69.8 Å². The number of rotatable bonds is 13. The number of aliphatic hydroxyl groups excluding tert-OH is 1. The summed E-state index contributed by atoms with van der Waals surface area (Å²) in [4.78, 5) is 27.5. The number of fused-ring (bicyclic) bond motifs is 2. The van der Waals surface area contributed by atoms with Crippen LogP contribution >= 0.6 is 22.6 Å². The number of ether oxygens (including phenoxy) is 2. The summed E-state index contributed by atoms with van der Waals surface area (Å²) in [5.74, 6) is 0.729. The fourth-order valence-electron chi connectivity index (χ4n) is 6.47. The van der Waals surface area contributed by atoms with Gasteiger partial charge in [0.05, 0.1) is 17.2 Å². The summed E-state index contributed by atoms with van der Waals surface area (Å²) < 4.78 is 16.6. The number of hydrogen-bond donors (Lipinski definition) is 1. The molecule has 2 fully saturated rings. The molecule has 0 saturated heterocycles. The highest BCUT2D eigenvalue weighted by Crippen LogP contribution is 2.36. The molecule has 0 amide bonds. The third kappa shape index (κ3) is 13.7. The highest BCUT2D eigenvalue weighted by Gasteiger charge is 2.26. The molecular formula is C38H61IN6O4Si2.